The Morgan fingerprint density at radius 1 is 1.17 bits per heavy atom. The van der Waals surface area contributed by atoms with Crippen molar-refractivity contribution in [3.05, 3.63) is 53.9 Å². The van der Waals surface area contributed by atoms with Gasteiger partial charge in [-0.1, -0.05) is 6.92 Å². The summed E-state index contributed by atoms with van der Waals surface area (Å²) in [5, 5.41) is 15.8. The summed E-state index contributed by atoms with van der Waals surface area (Å²) in [5.41, 5.74) is 2.01. The highest BCUT2D eigenvalue weighted by molar-refractivity contribution is 5.99. The van der Waals surface area contributed by atoms with Crippen molar-refractivity contribution >= 4 is 17.6 Å². The van der Waals surface area contributed by atoms with Crippen molar-refractivity contribution in [2.24, 2.45) is 5.92 Å². The number of carbonyl (C=O) groups is 2. The first kappa shape index (κ1) is 33.3. The quantitative estimate of drug-likeness (QED) is 0.418. The van der Waals surface area contributed by atoms with Gasteiger partial charge >= 0.3 is 6.03 Å². The monoisotopic (exact) mass is 583 g/mol. The number of rotatable bonds is 8. The maximum absolute atomic E-state index is 14.2. The summed E-state index contributed by atoms with van der Waals surface area (Å²) in [7, 11) is 2.07. The first-order chi connectivity index (χ1) is 20.1. The van der Waals surface area contributed by atoms with Gasteiger partial charge in [0.2, 0.25) is 0 Å². The van der Waals surface area contributed by atoms with Gasteiger partial charge in [0.15, 0.2) is 0 Å². The number of aromatic nitrogens is 1. The van der Waals surface area contributed by atoms with Crippen LogP contribution < -0.4 is 15.4 Å². The summed E-state index contributed by atoms with van der Waals surface area (Å²) >= 11 is 0. The number of nitrogens with zero attached hydrogens (tertiary/aromatic N) is 3. The number of aliphatic hydroxyl groups excluding tert-OH is 1. The van der Waals surface area contributed by atoms with Gasteiger partial charge in [-0.15, -0.1) is 0 Å². The summed E-state index contributed by atoms with van der Waals surface area (Å²) < 4.78 is 12.7. The van der Waals surface area contributed by atoms with Crippen LogP contribution in [-0.4, -0.2) is 89.5 Å². The van der Waals surface area contributed by atoms with E-state index in [2.05, 4.69) is 34.5 Å². The van der Waals surface area contributed by atoms with E-state index in [1.165, 1.54) is 5.56 Å². The Bertz CT molecular complexity index is 1130. The number of likely N-dealkylation sites (N-methyl/N-ethyl adjacent to an activating group) is 1. The molecule has 3 amide bonds. The van der Waals surface area contributed by atoms with Crippen LogP contribution in [0.3, 0.4) is 0 Å². The van der Waals surface area contributed by atoms with Crippen molar-refractivity contribution in [1.29, 1.82) is 0 Å². The van der Waals surface area contributed by atoms with Gasteiger partial charge in [-0.05, 0) is 89.9 Å². The van der Waals surface area contributed by atoms with Crippen molar-refractivity contribution in [3.63, 3.8) is 0 Å². The zero-order chi connectivity index (χ0) is 30.6. The number of fused-ring (bicyclic) bond motifs is 1. The summed E-state index contributed by atoms with van der Waals surface area (Å²) in [6.07, 6.45) is 6.00. The van der Waals surface area contributed by atoms with E-state index < -0.39 is 6.04 Å². The number of aliphatic hydroxyl groups is 1. The molecule has 0 spiro atoms. The van der Waals surface area contributed by atoms with E-state index in [-0.39, 0.29) is 42.7 Å². The van der Waals surface area contributed by atoms with Crippen LogP contribution in [-0.2, 0) is 11.3 Å². The molecule has 0 fully saturated rings. The predicted molar refractivity (Wildman–Crippen MR) is 165 cm³/mol. The molecule has 10 heteroatoms. The van der Waals surface area contributed by atoms with Crippen molar-refractivity contribution in [1.82, 2.24) is 20.1 Å². The molecule has 1 aromatic heterocycles. The van der Waals surface area contributed by atoms with Crippen LogP contribution in [0.2, 0.25) is 0 Å². The Morgan fingerprint density at radius 2 is 1.90 bits per heavy atom. The lowest BCUT2D eigenvalue weighted by atomic mass is 10.0. The molecule has 3 rings (SSSR count). The van der Waals surface area contributed by atoms with Gasteiger partial charge in [0.1, 0.15) is 5.75 Å². The molecule has 3 N–H and O–H groups in total. The molecule has 0 radical (unpaired) electrons. The fourth-order valence-corrected chi connectivity index (χ4v) is 5.06. The molecule has 0 saturated heterocycles. The molecule has 4 atom stereocenters. The van der Waals surface area contributed by atoms with Gasteiger partial charge in [-0.3, -0.25) is 14.7 Å². The Kier molecular flexibility index (Phi) is 13.0. The number of hydrogen-bond donors (Lipinski definition) is 3. The highest BCUT2D eigenvalue weighted by Gasteiger charge is 2.30. The molecule has 1 aliphatic heterocycles. The van der Waals surface area contributed by atoms with Crippen LogP contribution in [0.1, 0.15) is 69.8 Å². The molecule has 42 heavy (non-hydrogen) atoms. The predicted octanol–water partition coefficient (Wildman–Crippen LogP) is 4.54. The second-order valence-corrected chi connectivity index (χ2v) is 11.8. The Hall–Kier alpha value is -3.21. The van der Waals surface area contributed by atoms with Gasteiger partial charge < -0.3 is 30.1 Å². The molecule has 232 valence electrons. The standard InChI is InChI=1S/C32H49N5O5/c1-22(2)34-32(40)35-27-10-11-29-28(17-27)31(39)37(24(4)21-38)18-23(3)30(41-16-8-7-9-25(5)42-29)20-36(6)19-26-12-14-33-15-13-26/h10-15,17,22-25,30,38H,7-9,16,18-21H2,1-6H3,(H2,34,35,40)/t23-,24+,25-,30+/m0/s1. The Balaban J connectivity index is 1.90. The molecular weight excluding hydrogens is 534 g/mol. The highest BCUT2D eigenvalue weighted by Crippen LogP contribution is 2.28. The number of pyridine rings is 1. The van der Waals surface area contributed by atoms with E-state index in [4.69, 9.17) is 9.47 Å². The van der Waals surface area contributed by atoms with Crippen LogP contribution in [0.25, 0.3) is 0 Å². The van der Waals surface area contributed by atoms with E-state index in [0.717, 1.165) is 25.8 Å². The van der Waals surface area contributed by atoms with Crippen LogP contribution >= 0.6 is 0 Å². The third kappa shape index (κ3) is 10.3. The Labute approximate surface area is 250 Å². The number of carbonyl (C=O) groups excluding carboxylic acids is 2. The average molecular weight is 584 g/mol. The molecule has 1 aromatic carbocycles. The summed E-state index contributed by atoms with van der Waals surface area (Å²) in [4.78, 5) is 34.6. The van der Waals surface area contributed by atoms with Crippen LogP contribution in [0, 0.1) is 5.92 Å². The van der Waals surface area contributed by atoms with E-state index in [1.807, 2.05) is 39.8 Å². The lowest BCUT2D eigenvalue weighted by molar-refractivity contribution is -0.0177. The van der Waals surface area contributed by atoms with Gasteiger partial charge in [0, 0.05) is 56.3 Å². The number of amides is 3. The molecule has 0 saturated carbocycles. The SMILES string of the molecule is CC(C)NC(=O)Nc1ccc2c(c1)C(=O)N([C@H](C)CO)C[C@H](C)[C@@H](CN(C)Cc1ccncc1)OCCCC[C@H](C)O2. The fourth-order valence-electron chi connectivity index (χ4n) is 5.06. The van der Waals surface area contributed by atoms with Gasteiger partial charge in [-0.25, -0.2) is 4.79 Å². The molecule has 0 bridgehead atoms. The smallest absolute Gasteiger partial charge is 0.319 e. The first-order valence-corrected chi connectivity index (χ1v) is 15.1. The molecule has 1 aliphatic rings. The van der Waals surface area contributed by atoms with Crippen molar-refractivity contribution < 1.29 is 24.2 Å². The summed E-state index contributed by atoms with van der Waals surface area (Å²) in [5.74, 6) is 0.179. The third-order valence-corrected chi connectivity index (χ3v) is 7.42. The molecule has 0 unspecified atom stereocenters. The number of urea groups is 1. The zero-order valence-electron chi connectivity index (χ0n) is 26.0. The largest absolute Gasteiger partial charge is 0.490 e. The van der Waals surface area contributed by atoms with Gasteiger partial charge in [0.25, 0.3) is 5.91 Å². The van der Waals surface area contributed by atoms with Crippen molar-refractivity contribution in [3.8, 4) is 5.75 Å². The molecule has 10 nitrogen and oxygen atoms in total. The lowest BCUT2D eigenvalue weighted by Crippen LogP contribution is -2.47. The average Bonchev–Trinajstić information content (AvgIpc) is 2.94. The van der Waals surface area contributed by atoms with E-state index in [0.29, 0.717) is 36.7 Å². The topological polar surface area (TPSA) is 116 Å². The summed E-state index contributed by atoms with van der Waals surface area (Å²) in [6, 6.07) is 8.34. The minimum atomic E-state index is -0.436. The number of anilines is 1. The van der Waals surface area contributed by atoms with Crippen LogP contribution in [0.5, 0.6) is 5.75 Å². The van der Waals surface area contributed by atoms with Crippen molar-refractivity contribution in [2.75, 3.05) is 38.7 Å². The second-order valence-electron chi connectivity index (χ2n) is 11.8. The summed E-state index contributed by atoms with van der Waals surface area (Å²) in [6.45, 7) is 11.9. The van der Waals surface area contributed by atoms with Gasteiger partial charge in [0.05, 0.1) is 30.4 Å². The van der Waals surface area contributed by atoms with Gasteiger partial charge in [-0.2, -0.15) is 0 Å². The first-order valence-electron chi connectivity index (χ1n) is 15.1. The maximum Gasteiger partial charge on any atom is 0.319 e. The van der Waals surface area contributed by atoms with E-state index >= 15 is 0 Å². The normalized spacial score (nSPS) is 21.3. The second kappa shape index (κ2) is 16.4. The molecule has 0 aliphatic carbocycles. The third-order valence-electron chi connectivity index (χ3n) is 7.42. The molecule has 2 heterocycles. The Morgan fingerprint density at radius 3 is 2.60 bits per heavy atom. The fraction of sp³-hybridized carbons (Fsp3) is 0.594. The minimum absolute atomic E-state index is 0.0211. The maximum atomic E-state index is 14.2. The number of ether oxygens (including phenoxy) is 2. The van der Waals surface area contributed by atoms with E-state index in [9.17, 15) is 14.7 Å². The zero-order valence-corrected chi connectivity index (χ0v) is 26.0. The number of benzene rings is 1. The van der Waals surface area contributed by atoms with Crippen LogP contribution in [0.15, 0.2) is 42.7 Å². The highest BCUT2D eigenvalue weighted by atomic mass is 16.5. The lowest BCUT2D eigenvalue weighted by Gasteiger charge is -2.36. The number of hydrogen-bond acceptors (Lipinski definition) is 7. The molecular formula is C32H49N5O5. The van der Waals surface area contributed by atoms with E-state index in [1.54, 1.807) is 35.5 Å². The minimum Gasteiger partial charge on any atom is -0.490 e. The van der Waals surface area contributed by atoms with Crippen molar-refractivity contribution in [2.45, 2.75) is 84.7 Å². The van der Waals surface area contributed by atoms with Crippen LogP contribution in [0.4, 0.5) is 10.5 Å². The molecule has 2 aromatic rings. The number of nitrogens with one attached hydrogen (secondary N) is 2.